The minimum absolute atomic E-state index is 0.00185. The summed E-state index contributed by atoms with van der Waals surface area (Å²) in [5.41, 5.74) is 2.26. The van der Waals surface area contributed by atoms with Crippen molar-refractivity contribution < 1.29 is 38.9 Å². The van der Waals surface area contributed by atoms with Crippen LogP contribution in [0.3, 0.4) is 0 Å². The van der Waals surface area contributed by atoms with E-state index in [9.17, 15) is 29.4 Å². The lowest BCUT2D eigenvalue weighted by Crippen LogP contribution is -2.48. The second-order valence-corrected chi connectivity index (χ2v) is 15.7. The summed E-state index contributed by atoms with van der Waals surface area (Å²) in [5.74, 6) is -0.450. The predicted molar refractivity (Wildman–Crippen MR) is 195 cm³/mol. The predicted octanol–water partition coefficient (Wildman–Crippen LogP) is 7.93. The Labute approximate surface area is 297 Å². The van der Waals surface area contributed by atoms with Crippen LogP contribution >= 0.6 is 0 Å². The molecule has 0 saturated carbocycles. The summed E-state index contributed by atoms with van der Waals surface area (Å²) in [7, 11) is 0. The van der Waals surface area contributed by atoms with Crippen molar-refractivity contribution in [3.63, 3.8) is 0 Å². The van der Waals surface area contributed by atoms with E-state index in [0.29, 0.717) is 0 Å². The summed E-state index contributed by atoms with van der Waals surface area (Å²) in [4.78, 5) is 47.8. The lowest BCUT2D eigenvalue weighted by Gasteiger charge is -2.38. The van der Waals surface area contributed by atoms with Crippen molar-refractivity contribution in [3.05, 3.63) is 23.3 Å². The number of Topliss-reactive ketones (excluding diaryl/α,β-unsaturated/α-hetero) is 2. The third kappa shape index (κ3) is 12.4. The van der Waals surface area contributed by atoms with Crippen LogP contribution < -0.4 is 0 Å². The Morgan fingerprint density at radius 1 is 0.673 bits per heavy atom. The van der Waals surface area contributed by atoms with Crippen molar-refractivity contribution in [1.82, 2.24) is 0 Å². The molecule has 2 rings (SSSR count). The van der Waals surface area contributed by atoms with Crippen molar-refractivity contribution >= 4 is 23.5 Å². The Balaban J connectivity index is 0.000000490. The van der Waals surface area contributed by atoms with E-state index < -0.39 is 12.2 Å². The van der Waals surface area contributed by atoms with E-state index >= 15 is 0 Å². The van der Waals surface area contributed by atoms with E-state index in [1.54, 1.807) is 0 Å². The van der Waals surface area contributed by atoms with Gasteiger partial charge in [-0.15, -0.1) is 0 Å². The van der Waals surface area contributed by atoms with Gasteiger partial charge >= 0.3 is 11.9 Å². The smallest absolute Gasteiger partial charge is 0.313 e. The molecule has 0 aromatic rings. The number of rotatable bonds is 19. The Morgan fingerprint density at radius 2 is 1.04 bits per heavy atom. The van der Waals surface area contributed by atoms with Crippen LogP contribution in [0.15, 0.2) is 23.3 Å². The molecule has 2 aliphatic rings. The highest BCUT2D eigenvalue weighted by atomic mass is 16.6. The van der Waals surface area contributed by atoms with E-state index in [0.717, 1.165) is 43.3 Å². The number of ether oxygens (including phenoxy) is 2. The number of aliphatic hydroxyl groups excluding tert-OH is 2. The number of cyclic esters (lactones) is 2. The van der Waals surface area contributed by atoms with Crippen LogP contribution in [0.25, 0.3) is 0 Å². The fourth-order valence-electron chi connectivity index (χ4n) is 7.33. The first-order valence-corrected chi connectivity index (χ1v) is 18.9. The average molecular weight is 691 g/mol. The molecule has 0 radical (unpaired) electrons. The highest BCUT2D eigenvalue weighted by Gasteiger charge is 2.44. The highest BCUT2D eigenvalue weighted by molar-refractivity contribution is 5.85. The van der Waals surface area contributed by atoms with Crippen molar-refractivity contribution in [2.24, 2.45) is 59.2 Å². The van der Waals surface area contributed by atoms with Gasteiger partial charge in [0.25, 0.3) is 0 Å². The SMILES string of the molecule is CC[C@@H](C)[C@@H](O)[C@H](C)C(=O)[C@H](C)/C=C(\C)C[C@H](C)[C@@H]1OC(=O)[C@H]1C.CC[C@@H](C)[C@@H](O)[C@H](C)C(=O)[C@H](C)/C=C(\C)C[C@H](C)[C@@H]1OC(=O)[C@H]1CC. The topological polar surface area (TPSA) is 127 Å². The third-order valence-electron chi connectivity index (χ3n) is 11.3. The number of carbonyl (C=O) groups excluding carboxylic acids is 4. The number of hydrogen-bond acceptors (Lipinski definition) is 8. The van der Waals surface area contributed by atoms with Gasteiger partial charge in [-0.05, 0) is 63.7 Å². The van der Waals surface area contributed by atoms with Crippen molar-refractivity contribution in [3.8, 4) is 0 Å². The van der Waals surface area contributed by atoms with Gasteiger partial charge in [-0.2, -0.15) is 0 Å². The number of esters is 2. The van der Waals surface area contributed by atoms with Gasteiger partial charge in [0.05, 0.1) is 24.0 Å². The van der Waals surface area contributed by atoms with Crippen molar-refractivity contribution in [2.45, 2.75) is 153 Å². The Kier molecular flexibility index (Phi) is 18.7. The van der Waals surface area contributed by atoms with Gasteiger partial charge in [0.1, 0.15) is 23.8 Å². The second-order valence-electron chi connectivity index (χ2n) is 15.7. The van der Waals surface area contributed by atoms with Gasteiger partial charge in [0.2, 0.25) is 0 Å². The average Bonchev–Trinajstić information content (AvgIpc) is 3.06. The second kappa shape index (κ2) is 20.5. The molecular formula is C41H70O8. The molecule has 2 aliphatic heterocycles. The fraction of sp³-hybridized carbons (Fsp3) is 0.805. The van der Waals surface area contributed by atoms with Crippen LogP contribution in [-0.2, 0) is 28.7 Å². The number of allylic oxidation sites excluding steroid dienone is 4. The summed E-state index contributed by atoms with van der Waals surface area (Å²) in [5, 5.41) is 20.5. The molecule has 8 heteroatoms. The van der Waals surface area contributed by atoms with E-state index in [-0.39, 0.29) is 94.9 Å². The molecule has 0 unspecified atom stereocenters. The summed E-state index contributed by atoms with van der Waals surface area (Å²) >= 11 is 0. The summed E-state index contributed by atoms with van der Waals surface area (Å²) in [6.45, 7) is 27.5. The molecule has 0 aromatic heterocycles. The van der Waals surface area contributed by atoms with Gasteiger partial charge in [-0.1, -0.05) is 112 Å². The van der Waals surface area contributed by atoms with Crippen LogP contribution in [0.2, 0.25) is 0 Å². The maximum atomic E-state index is 12.6. The maximum Gasteiger partial charge on any atom is 0.313 e. The number of carbonyl (C=O) groups is 4. The summed E-state index contributed by atoms with van der Waals surface area (Å²) in [6.07, 6.45) is 6.95. The highest BCUT2D eigenvalue weighted by Crippen LogP contribution is 2.35. The van der Waals surface area contributed by atoms with Crippen molar-refractivity contribution in [2.75, 3.05) is 0 Å². The molecule has 49 heavy (non-hydrogen) atoms. The third-order valence-corrected chi connectivity index (χ3v) is 11.3. The lowest BCUT2D eigenvalue weighted by molar-refractivity contribution is -0.191. The standard InChI is InChI=1S/C21H36O4.C20H34O4/c1-8-13(4)18(22)16(7)19(23)14(5)10-12(3)11-15(6)20-17(9-2)21(24)25-20;1-8-12(3)17(21)15(6)18(22)13(4)9-11(2)10-14(5)19-16(7)20(23)24-19/h10,13-18,20,22H,8-9,11H2,1-7H3;9,12-17,19,21H,8,10H2,1-7H3/b12-10+;11-9+/t13-,14-,15+,16+,17+,18-,20+;12-,13-,14+,15+,16+,17-,19+/m11/s1. The molecule has 14 atom stereocenters. The number of hydrogen-bond donors (Lipinski definition) is 2. The molecule has 0 amide bonds. The van der Waals surface area contributed by atoms with Gasteiger partial charge < -0.3 is 19.7 Å². The minimum atomic E-state index is -0.590. The zero-order chi connectivity index (χ0) is 37.9. The first-order valence-electron chi connectivity index (χ1n) is 18.9. The quantitative estimate of drug-likeness (QED) is 0.103. The Hall–Kier alpha value is -2.32. The summed E-state index contributed by atoms with van der Waals surface area (Å²) < 4.78 is 10.5. The molecule has 0 bridgehead atoms. The molecular weight excluding hydrogens is 620 g/mol. The molecule has 2 heterocycles. The van der Waals surface area contributed by atoms with E-state index in [1.807, 2.05) is 95.2 Å². The van der Waals surface area contributed by atoms with Gasteiger partial charge in [0, 0.05) is 23.7 Å². The lowest BCUT2D eigenvalue weighted by atomic mass is 9.81. The largest absolute Gasteiger partial charge is 0.461 e. The Bertz CT molecular complexity index is 1160. The number of ketones is 2. The van der Waals surface area contributed by atoms with Crippen molar-refractivity contribution in [1.29, 1.82) is 0 Å². The van der Waals surface area contributed by atoms with Crippen LogP contribution in [-0.4, -0.2) is 58.1 Å². The first kappa shape index (κ1) is 44.7. The monoisotopic (exact) mass is 691 g/mol. The van der Waals surface area contributed by atoms with Gasteiger partial charge in [-0.3, -0.25) is 19.2 Å². The van der Waals surface area contributed by atoms with Gasteiger partial charge in [0.15, 0.2) is 0 Å². The molecule has 2 fully saturated rings. The minimum Gasteiger partial charge on any atom is -0.461 e. The van der Waals surface area contributed by atoms with Crippen LogP contribution in [0.4, 0.5) is 0 Å². The zero-order valence-electron chi connectivity index (χ0n) is 33.1. The van der Waals surface area contributed by atoms with Gasteiger partial charge in [-0.25, -0.2) is 0 Å². The van der Waals surface area contributed by atoms with Crippen LogP contribution in [0.5, 0.6) is 0 Å². The number of aliphatic hydroxyl groups is 2. The zero-order valence-corrected chi connectivity index (χ0v) is 33.1. The van der Waals surface area contributed by atoms with E-state index in [1.165, 1.54) is 0 Å². The normalized spacial score (nSPS) is 27.2. The van der Waals surface area contributed by atoms with Crippen LogP contribution in [0.1, 0.15) is 129 Å². The van der Waals surface area contributed by atoms with Crippen LogP contribution in [0, 0.1) is 59.2 Å². The molecule has 0 aliphatic carbocycles. The first-order chi connectivity index (χ1) is 22.7. The molecule has 8 nitrogen and oxygen atoms in total. The van der Waals surface area contributed by atoms with E-state index in [2.05, 4.69) is 13.8 Å². The Morgan fingerprint density at radius 3 is 1.35 bits per heavy atom. The molecule has 0 spiro atoms. The fourth-order valence-corrected chi connectivity index (χ4v) is 7.33. The summed E-state index contributed by atoms with van der Waals surface area (Å²) in [6, 6.07) is 0. The molecule has 2 N–H and O–H groups in total. The molecule has 282 valence electrons. The maximum absolute atomic E-state index is 12.6. The molecule has 2 saturated heterocycles. The van der Waals surface area contributed by atoms with E-state index in [4.69, 9.17) is 9.47 Å². The molecule has 0 aromatic carbocycles.